The van der Waals surface area contributed by atoms with Crippen LogP contribution in [-0.4, -0.2) is 8.80 Å². The van der Waals surface area contributed by atoms with Gasteiger partial charge in [-0.1, -0.05) is 59.5 Å². The Bertz CT molecular complexity index is 93.0. The first-order valence-electron chi connectivity index (χ1n) is 5.13. The SMILES string of the molecule is CCCC(CC)(CC)[SiH](C)C. The van der Waals surface area contributed by atoms with Gasteiger partial charge in [0.2, 0.25) is 0 Å². The Kier molecular flexibility index (Phi) is 5.07. The smallest absolute Gasteiger partial charge is 0.0371 e. The van der Waals surface area contributed by atoms with Crippen LogP contribution in [0.1, 0.15) is 46.5 Å². The van der Waals surface area contributed by atoms with E-state index in [0.717, 1.165) is 5.04 Å². The van der Waals surface area contributed by atoms with Gasteiger partial charge in [-0.25, -0.2) is 0 Å². The second-order valence-corrected chi connectivity index (χ2v) is 7.51. The molecular weight excluding hydrogens is 148 g/mol. The van der Waals surface area contributed by atoms with Gasteiger partial charge in [-0.15, -0.1) is 0 Å². The van der Waals surface area contributed by atoms with Crippen molar-refractivity contribution in [3.8, 4) is 0 Å². The van der Waals surface area contributed by atoms with Crippen molar-refractivity contribution in [3.63, 3.8) is 0 Å². The van der Waals surface area contributed by atoms with E-state index in [1.807, 2.05) is 0 Å². The Balaban J connectivity index is 4.20. The van der Waals surface area contributed by atoms with E-state index < -0.39 is 8.80 Å². The van der Waals surface area contributed by atoms with E-state index in [2.05, 4.69) is 33.9 Å². The molecule has 0 heterocycles. The van der Waals surface area contributed by atoms with Crippen molar-refractivity contribution in [3.05, 3.63) is 0 Å². The maximum absolute atomic E-state index is 2.50. The molecule has 0 saturated heterocycles. The Hall–Kier alpha value is 0.217. The zero-order chi connectivity index (χ0) is 8.91. The van der Waals surface area contributed by atoms with Gasteiger partial charge in [0.25, 0.3) is 0 Å². The zero-order valence-corrected chi connectivity index (χ0v) is 10.1. The monoisotopic (exact) mass is 172 g/mol. The van der Waals surface area contributed by atoms with Crippen LogP contribution < -0.4 is 0 Å². The zero-order valence-electron chi connectivity index (χ0n) is 8.91. The summed E-state index contributed by atoms with van der Waals surface area (Å²) in [6, 6.07) is 0. The number of hydrogen-bond acceptors (Lipinski definition) is 0. The van der Waals surface area contributed by atoms with Gasteiger partial charge in [0.05, 0.1) is 0 Å². The lowest BCUT2D eigenvalue weighted by Gasteiger charge is -2.35. The van der Waals surface area contributed by atoms with E-state index >= 15 is 0 Å². The molecule has 0 N–H and O–H groups in total. The number of rotatable bonds is 5. The van der Waals surface area contributed by atoms with E-state index in [-0.39, 0.29) is 0 Å². The van der Waals surface area contributed by atoms with Crippen molar-refractivity contribution in [2.45, 2.75) is 64.6 Å². The van der Waals surface area contributed by atoms with Crippen LogP contribution in [0, 0.1) is 0 Å². The van der Waals surface area contributed by atoms with Gasteiger partial charge < -0.3 is 0 Å². The Labute approximate surface area is 74.0 Å². The predicted octanol–water partition coefficient (Wildman–Crippen LogP) is 3.83. The molecule has 0 aromatic rings. The summed E-state index contributed by atoms with van der Waals surface area (Å²) in [5.74, 6) is 0. The molecule has 0 aliphatic heterocycles. The van der Waals surface area contributed by atoms with E-state index in [0.29, 0.717) is 0 Å². The van der Waals surface area contributed by atoms with E-state index in [4.69, 9.17) is 0 Å². The summed E-state index contributed by atoms with van der Waals surface area (Å²) < 4.78 is 0. The third-order valence-electron chi connectivity index (χ3n) is 3.38. The third kappa shape index (κ3) is 2.62. The van der Waals surface area contributed by atoms with Crippen LogP contribution in [0.2, 0.25) is 18.1 Å². The molecule has 11 heavy (non-hydrogen) atoms. The molecule has 0 rings (SSSR count). The van der Waals surface area contributed by atoms with Gasteiger partial charge in [0, 0.05) is 8.80 Å². The summed E-state index contributed by atoms with van der Waals surface area (Å²) in [6.45, 7) is 12.1. The van der Waals surface area contributed by atoms with Gasteiger partial charge in [-0.3, -0.25) is 0 Å². The van der Waals surface area contributed by atoms with Crippen molar-refractivity contribution >= 4 is 8.80 Å². The summed E-state index contributed by atoms with van der Waals surface area (Å²) in [6.07, 6.45) is 5.64. The average molecular weight is 172 g/mol. The third-order valence-corrected chi connectivity index (χ3v) is 6.94. The fraction of sp³-hybridized carbons (Fsp3) is 1.00. The Morgan fingerprint density at radius 1 is 1.00 bits per heavy atom. The summed E-state index contributed by atoms with van der Waals surface area (Å²) in [5.41, 5.74) is 0. The van der Waals surface area contributed by atoms with Crippen LogP contribution in [0.3, 0.4) is 0 Å². The minimum Gasteiger partial charge on any atom is -0.0718 e. The first-order valence-corrected chi connectivity index (χ1v) is 8.01. The first-order chi connectivity index (χ1) is 5.13. The van der Waals surface area contributed by atoms with Gasteiger partial charge in [-0.05, 0) is 5.04 Å². The van der Waals surface area contributed by atoms with E-state index in [1.54, 1.807) is 0 Å². The summed E-state index contributed by atoms with van der Waals surface area (Å²) in [4.78, 5) is 0. The molecule has 0 saturated carbocycles. The van der Waals surface area contributed by atoms with E-state index in [9.17, 15) is 0 Å². The molecular formula is C10H24Si. The highest BCUT2D eigenvalue weighted by Gasteiger charge is 2.29. The van der Waals surface area contributed by atoms with Crippen molar-refractivity contribution < 1.29 is 0 Å². The van der Waals surface area contributed by atoms with Crippen LogP contribution >= 0.6 is 0 Å². The Morgan fingerprint density at radius 2 is 1.45 bits per heavy atom. The predicted molar refractivity (Wildman–Crippen MR) is 57.1 cm³/mol. The molecule has 0 nitrogen and oxygen atoms in total. The minimum atomic E-state index is -0.439. The Morgan fingerprint density at radius 3 is 1.55 bits per heavy atom. The first kappa shape index (κ1) is 11.2. The van der Waals surface area contributed by atoms with Crippen LogP contribution in [0.4, 0.5) is 0 Å². The lowest BCUT2D eigenvalue weighted by Crippen LogP contribution is -2.26. The average Bonchev–Trinajstić information content (AvgIpc) is 2.00. The highest BCUT2D eigenvalue weighted by Crippen LogP contribution is 2.42. The fourth-order valence-electron chi connectivity index (χ4n) is 2.21. The molecule has 68 valence electrons. The van der Waals surface area contributed by atoms with Crippen LogP contribution in [0.15, 0.2) is 0 Å². The summed E-state index contributed by atoms with van der Waals surface area (Å²) >= 11 is 0. The van der Waals surface area contributed by atoms with Crippen LogP contribution in [-0.2, 0) is 0 Å². The second-order valence-electron chi connectivity index (χ2n) is 3.97. The lowest BCUT2D eigenvalue weighted by molar-refractivity contribution is 0.462. The lowest BCUT2D eigenvalue weighted by atomic mass is 9.96. The molecule has 0 aliphatic carbocycles. The van der Waals surface area contributed by atoms with Gasteiger partial charge in [0.15, 0.2) is 0 Å². The highest BCUT2D eigenvalue weighted by molar-refractivity contribution is 6.59. The second kappa shape index (κ2) is 4.97. The largest absolute Gasteiger partial charge is 0.0718 e. The minimum absolute atomic E-state index is 0.439. The highest BCUT2D eigenvalue weighted by atomic mass is 28.3. The van der Waals surface area contributed by atoms with E-state index in [1.165, 1.54) is 25.7 Å². The molecule has 0 bridgehead atoms. The van der Waals surface area contributed by atoms with Gasteiger partial charge in [-0.2, -0.15) is 0 Å². The molecule has 0 aromatic carbocycles. The molecule has 0 aliphatic rings. The van der Waals surface area contributed by atoms with Crippen LogP contribution in [0.25, 0.3) is 0 Å². The molecule has 0 unspecified atom stereocenters. The van der Waals surface area contributed by atoms with Gasteiger partial charge >= 0.3 is 0 Å². The molecule has 0 amide bonds. The van der Waals surface area contributed by atoms with Crippen molar-refractivity contribution in [1.82, 2.24) is 0 Å². The van der Waals surface area contributed by atoms with Crippen molar-refractivity contribution in [1.29, 1.82) is 0 Å². The van der Waals surface area contributed by atoms with Crippen molar-refractivity contribution in [2.75, 3.05) is 0 Å². The molecule has 0 radical (unpaired) electrons. The quantitative estimate of drug-likeness (QED) is 0.553. The van der Waals surface area contributed by atoms with Gasteiger partial charge in [0.1, 0.15) is 0 Å². The maximum atomic E-state index is 2.50. The molecule has 0 spiro atoms. The molecule has 0 fully saturated rings. The summed E-state index contributed by atoms with van der Waals surface area (Å²) in [7, 11) is -0.439. The van der Waals surface area contributed by atoms with Crippen LogP contribution in [0.5, 0.6) is 0 Å². The molecule has 1 heteroatoms. The molecule has 0 aromatic heterocycles. The fourth-order valence-corrected chi connectivity index (χ4v) is 4.71. The van der Waals surface area contributed by atoms with Crippen molar-refractivity contribution in [2.24, 2.45) is 0 Å². The normalized spacial score (nSPS) is 12.5. The standard InChI is InChI=1S/C10H24Si/c1-6-9-10(7-2,8-3)11(4)5/h11H,6-9H2,1-5H3. The maximum Gasteiger partial charge on any atom is 0.0371 e. The topological polar surface area (TPSA) is 0 Å². The summed E-state index contributed by atoms with van der Waals surface area (Å²) in [5, 5.41) is 0.773. The molecule has 0 atom stereocenters. The number of hydrogen-bond donors (Lipinski definition) is 0.